The van der Waals surface area contributed by atoms with Crippen molar-refractivity contribution < 1.29 is 9.90 Å². The van der Waals surface area contributed by atoms with Crippen molar-refractivity contribution in [3.05, 3.63) is 93.2 Å². The molecule has 0 spiro atoms. The van der Waals surface area contributed by atoms with Gasteiger partial charge in [0, 0.05) is 46.7 Å². The second-order valence-corrected chi connectivity index (χ2v) is 9.08. The zero-order valence-corrected chi connectivity index (χ0v) is 18.7. The third-order valence-electron chi connectivity index (χ3n) is 4.81. The summed E-state index contributed by atoms with van der Waals surface area (Å²) in [5, 5.41) is 11.3. The van der Waals surface area contributed by atoms with Gasteiger partial charge in [0.25, 0.3) is 5.91 Å². The lowest BCUT2D eigenvalue weighted by Gasteiger charge is -2.25. The Morgan fingerprint density at radius 1 is 1.07 bits per heavy atom. The highest BCUT2D eigenvalue weighted by molar-refractivity contribution is 6.35. The SMILES string of the molecule is CC(C)(C)c1cc(C(=O)N(Cc2cccnc2)Cc2ccc(Cl)cc2Cl)ccc1O. The van der Waals surface area contributed by atoms with Crippen molar-refractivity contribution in [1.82, 2.24) is 9.88 Å². The maximum Gasteiger partial charge on any atom is 0.254 e. The maximum atomic E-state index is 13.5. The molecule has 4 nitrogen and oxygen atoms in total. The molecule has 0 aliphatic heterocycles. The number of aromatic nitrogens is 1. The lowest BCUT2D eigenvalue weighted by molar-refractivity contribution is 0.0730. The number of amides is 1. The molecule has 1 amide bonds. The minimum atomic E-state index is -0.298. The van der Waals surface area contributed by atoms with Crippen LogP contribution >= 0.6 is 23.2 Å². The van der Waals surface area contributed by atoms with E-state index in [4.69, 9.17) is 23.2 Å². The molecule has 1 aromatic heterocycles. The Morgan fingerprint density at radius 2 is 1.83 bits per heavy atom. The minimum Gasteiger partial charge on any atom is -0.508 e. The lowest BCUT2D eigenvalue weighted by atomic mass is 9.85. The van der Waals surface area contributed by atoms with E-state index >= 15 is 0 Å². The average Bonchev–Trinajstić information content (AvgIpc) is 2.69. The molecule has 0 radical (unpaired) electrons. The molecule has 1 heterocycles. The topological polar surface area (TPSA) is 53.4 Å². The van der Waals surface area contributed by atoms with Gasteiger partial charge in [0.2, 0.25) is 0 Å². The van der Waals surface area contributed by atoms with Crippen LogP contribution in [0.25, 0.3) is 0 Å². The summed E-state index contributed by atoms with van der Waals surface area (Å²) in [5.41, 5.74) is 2.64. The smallest absolute Gasteiger partial charge is 0.254 e. The number of pyridine rings is 1. The van der Waals surface area contributed by atoms with Crippen molar-refractivity contribution in [2.45, 2.75) is 39.3 Å². The molecule has 0 saturated heterocycles. The van der Waals surface area contributed by atoms with Crippen molar-refractivity contribution in [1.29, 1.82) is 0 Å². The predicted molar refractivity (Wildman–Crippen MR) is 121 cm³/mol. The minimum absolute atomic E-state index is 0.157. The van der Waals surface area contributed by atoms with Crippen LogP contribution in [-0.4, -0.2) is 20.9 Å². The van der Waals surface area contributed by atoms with Crippen LogP contribution in [0.1, 0.15) is 47.8 Å². The summed E-state index contributed by atoms with van der Waals surface area (Å²) < 4.78 is 0. The highest BCUT2D eigenvalue weighted by atomic mass is 35.5. The molecule has 2 aromatic carbocycles. The first-order valence-electron chi connectivity index (χ1n) is 9.61. The Bertz CT molecular complexity index is 1050. The molecule has 3 rings (SSSR count). The van der Waals surface area contributed by atoms with Crippen molar-refractivity contribution in [3.63, 3.8) is 0 Å². The summed E-state index contributed by atoms with van der Waals surface area (Å²) in [6.45, 7) is 6.68. The quantitative estimate of drug-likeness (QED) is 0.508. The monoisotopic (exact) mass is 442 g/mol. The molecule has 0 bridgehead atoms. The zero-order chi connectivity index (χ0) is 21.9. The number of rotatable bonds is 5. The number of phenols is 1. The number of hydrogen-bond donors (Lipinski definition) is 1. The molecule has 0 aliphatic rings. The molecule has 0 atom stereocenters. The standard InChI is InChI=1S/C24H24Cl2N2O2/c1-24(2,3)20-11-17(7-9-22(20)29)23(30)28(14-16-5-4-10-27-13-16)15-18-6-8-19(25)12-21(18)26/h4-13,29H,14-15H2,1-3H3. The van der Waals surface area contributed by atoms with E-state index in [-0.39, 0.29) is 17.1 Å². The number of hydrogen-bond acceptors (Lipinski definition) is 3. The van der Waals surface area contributed by atoms with Gasteiger partial charge in [-0.2, -0.15) is 0 Å². The molecule has 0 saturated carbocycles. The lowest BCUT2D eigenvalue weighted by Crippen LogP contribution is -2.30. The van der Waals surface area contributed by atoms with E-state index < -0.39 is 0 Å². The van der Waals surface area contributed by atoms with Gasteiger partial charge in [0.1, 0.15) is 5.75 Å². The van der Waals surface area contributed by atoms with E-state index in [9.17, 15) is 9.90 Å². The second kappa shape index (κ2) is 9.07. The number of nitrogens with zero attached hydrogens (tertiary/aromatic N) is 2. The molecule has 1 N–H and O–H groups in total. The molecule has 0 aliphatic carbocycles. The molecular weight excluding hydrogens is 419 g/mol. The third kappa shape index (κ3) is 5.32. The zero-order valence-electron chi connectivity index (χ0n) is 17.2. The van der Waals surface area contributed by atoms with Crippen molar-refractivity contribution in [3.8, 4) is 5.75 Å². The van der Waals surface area contributed by atoms with Crippen LogP contribution in [0.2, 0.25) is 10.0 Å². The number of carbonyl (C=O) groups is 1. The van der Waals surface area contributed by atoms with Gasteiger partial charge in [-0.15, -0.1) is 0 Å². The summed E-state index contributed by atoms with van der Waals surface area (Å²) in [4.78, 5) is 19.3. The maximum absolute atomic E-state index is 13.5. The van der Waals surface area contributed by atoms with E-state index in [2.05, 4.69) is 4.98 Å². The molecule has 0 unspecified atom stereocenters. The summed E-state index contributed by atoms with van der Waals surface area (Å²) in [7, 11) is 0. The van der Waals surface area contributed by atoms with E-state index in [0.717, 1.165) is 16.7 Å². The average molecular weight is 443 g/mol. The van der Waals surface area contributed by atoms with Gasteiger partial charge in [0.05, 0.1) is 0 Å². The number of carbonyl (C=O) groups excluding carboxylic acids is 1. The first kappa shape index (κ1) is 22.1. The predicted octanol–water partition coefficient (Wildman–Crippen LogP) is 6.23. The number of benzene rings is 2. The third-order valence-corrected chi connectivity index (χ3v) is 5.40. The van der Waals surface area contributed by atoms with Crippen LogP contribution in [0, 0.1) is 0 Å². The van der Waals surface area contributed by atoms with E-state index in [1.807, 2.05) is 39.0 Å². The molecule has 0 fully saturated rings. The molecule has 6 heteroatoms. The van der Waals surface area contributed by atoms with E-state index in [0.29, 0.717) is 28.7 Å². The summed E-state index contributed by atoms with van der Waals surface area (Å²) >= 11 is 12.4. The first-order chi connectivity index (χ1) is 14.1. The Balaban J connectivity index is 1.98. The normalized spacial score (nSPS) is 11.4. The van der Waals surface area contributed by atoms with Gasteiger partial charge in [0.15, 0.2) is 0 Å². The van der Waals surface area contributed by atoms with Crippen LogP contribution < -0.4 is 0 Å². The highest BCUT2D eigenvalue weighted by Gasteiger charge is 2.23. The van der Waals surface area contributed by atoms with Crippen LogP contribution in [-0.2, 0) is 18.5 Å². The highest BCUT2D eigenvalue weighted by Crippen LogP contribution is 2.32. The second-order valence-electron chi connectivity index (χ2n) is 8.24. The Kier molecular flexibility index (Phi) is 6.69. The molecular formula is C24H24Cl2N2O2. The number of halogens is 2. The first-order valence-corrected chi connectivity index (χ1v) is 10.4. The molecule has 3 aromatic rings. The van der Waals surface area contributed by atoms with Crippen LogP contribution in [0.3, 0.4) is 0 Å². The molecule has 30 heavy (non-hydrogen) atoms. The van der Waals surface area contributed by atoms with Gasteiger partial charge < -0.3 is 10.0 Å². The van der Waals surface area contributed by atoms with Crippen molar-refractivity contribution >= 4 is 29.1 Å². The summed E-state index contributed by atoms with van der Waals surface area (Å²) in [5.74, 6) is 0.0222. The van der Waals surface area contributed by atoms with Crippen molar-refractivity contribution in [2.75, 3.05) is 0 Å². The van der Waals surface area contributed by atoms with Crippen LogP contribution in [0.15, 0.2) is 60.9 Å². The van der Waals surface area contributed by atoms with Gasteiger partial charge in [-0.25, -0.2) is 0 Å². The fourth-order valence-electron chi connectivity index (χ4n) is 3.22. The van der Waals surface area contributed by atoms with Crippen molar-refractivity contribution in [2.24, 2.45) is 0 Å². The Labute approximate surface area is 187 Å². The Hall–Kier alpha value is -2.56. The van der Waals surface area contributed by atoms with E-state index in [1.54, 1.807) is 47.6 Å². The summed E-state index contributed by atoms with van der Waals surface area (Å²) in [6, 6.07) is 14.0. The summed E-state index contributed by atoms with van der Waals surface area (Å²) in [6.07, 6.45) is 3.43. The number of phenolic OH excluding ortho intramolecular Hbond substituents is 1. The fraction of sp³-hybridized carbons (Fsp3) is 0.250. The van der Waals surface area contributed by atoms with Crippen LogP contribution in [0.5, 0.6) is 5.75 Å². The number of aromatic hydroxyl groups is 1. The largest absolute Gasteiger partial charge is 0.508 e. The van der Waals surface area contributed by atoms with Gasteiger partial charge in [-0.3, -0.25) is 9.78 Å². The van der Waals surface area contributed by atoms with Gasteiger partial charge in [-0.05, 0) is 52.9 Å². The van der Waals surface area contributed by atoms with E-state index in [1.165, 1.54) is 0 Å². The molecule has 156 valence electrons. The van der Waals surface area contributed by atoms with Crippen LogP contribution in [0.4, 0.5) is 0 Å². The fourth-order valence-corrected chi connectivity index (χ4v) is 3.69. The van der Waals surface area contributed by atoms with Gasteiger partial charge >= 0.3 is 0 Å². The Morgan fingerprint density at radius 3 is 2.47 bits per heavy atom. The van der Waals surface area contributed by atoms with Gasteiger partial charge in [-0.1, -0.05) is 56.1 Å².